The van der Waals surface area contributed by atoms with Gasteiger partial charge in [-0.1, -0.05) is 0 Å². The van der Waals surface area contributed by atoms with Crippen molar-refractivity contribution in [3.63, 3.8) is 0 Å². The van der Waals surface area contributed by atoms with E-state index >= 15 is 0 Å². The molecule has 0 aliphatic carbocycles. The average molecular weight is 407 g/mol. The van der Waals surface area contributed by atoms with Gasteiger partial charge in [-0.05, 0) is 19.0 Å². The molecule has 0 fully saturated rings. The highest BCUT2D eigenvalue weighted by Crippen LogP contribution is 2.36. The molecule has 2 aromatic heterocycles. The molecule has 0 bridgehead atoms. The van der Waals surface area contributed by atoms with E-state index in [1.165, 1.54) is 12.1 Å². The van der Waals surface area contributed by atoms with Crippen molar-refractivity contribution in [1.82, 2.24) is 14.5 Å². The third-order valence-corrected chi connectivity index (χ3v) is 5.12. The molecule has 10 nitrogen and oxygen atoms in total. The standard InChI is InChI=1S/C20H17N5O5/c21-4-1-5-24-9-13(12-3-2-11(25(27)28)6-16(12)24)19-20(26)23-15-8-18-17(29-10-30-18)7-14(15)22-19/h2-3,6-9H,1,4-5,10,21H2,(H,23,26). The first kappa shape index (κ1) is 18.1. The molecular formula is C20H17N5O5. The van der Waals surface area contributed by atoms with Crippen LogP contribution in [0.4, 0.5) is 5.69 Å². The zero-order valence-electron chi connectivity index (χ0n) is 15.8. The molecule has 3 N–H and O–H groups in total. The molecule has 1 aliphatic rings. The summed E-state index contributed by atoms with van der Waals surface area (Å²) in [5, 5.41) is 11.9. The molecule has 2 aromatic carbocycles. The molecule has 0 saturated carbocycles. The zero-order valence-corrected chi connectivity index (χ0v) is 15.8. The predicted octanol–water partition coefficient (Wildman–Crippen LogP) is 2.53. The van der Waals surface area contributed by atoms with Crippen LogP contribution in [0.15, 0.2) is 41.3 Å². The highest BCUT2D eigenvalue weighted by Gasteiger charge is 2.20. The highest BCUT2D eigenvalue weighted by atomic mass is 16.7. The summed E-state index contributed by atoms with van der Waals surface area (Å²) in [5.74, 6) is 1.12. The van der Waals surface area contributed by atoms with Gasteiger partial charge in [-0.15, -0.1) is 0 Å². The molecule has 0 radical (unpaired) electrons. The van der Waals surface area contributed by atoms with Crippen molar-refractivity contribution in [1.29, 1.82) is 0 Å². The SMILES string of the molecule is NCCCn1cc(-c2nc3cc4c(cc3[nH]c2=O)OCO4)c2ccc([N+](=O)[O-])cc21. The lowest BCUT2D eigenvalue weighted by atomic mass is 10.1. The summed E-state index contributed by atoms with van der Waals surface area (Å²) in [7, 11) is 0. The van der Waals surface area contributed by atoms with Crippen LogP contribution in [0, 0.1) is 10.1 Å². The molecule has 4 aromatic rings. The minimum Gasteiger partial charge on any atom is -0.454 e. The molecule has 5 rings (SSSR count). The minimum absolute atomic E-state index is 0.0192. The Morgan fingerprint density at radius 2 is 2.03 bits per heavy atom. The van der Waals surface area contributed by atoms with E-state index < -0.39 is 4.92 Å². The lowest BCUT2D eigenvalue weighted by Crippen LogP contribution is -2.11. The number of aryl methyl sites for hydroxylation is 1. The Morgan fingerprint density at radius 1 is 1.23 bits per heavy atom. The zero-order chi connectivity index (χ0) is 20.8. The number of hydrogen-bond donors (Lipinski definition) is 2. The maximum Gasteiger partial charge on any atom is 0.275 e. The maximum atomic E-state index is 12.8. The van der Waals surface area contributed by atoms with E-state index in [0.717, 1.165) is 0 Å². The second-order valence-corrected chi connectivity index (χ2v) is 6.97. The third-order valence-electron chi connectivity index (χ3n) is 5.12. The summed E-state index contributed by atoms with van der Waals surface area (Å²) >= 11 is 0. The van der Waals surface area contributed by atoms with Crippen LogP contribution in [0.25, 0.3) is 33.2 Å². The normalized spacial score (nSPS) is 12.7. The van der Waals surface area contributed by atoms with Gasteiger partial charge >= 0.3 is 0 Å². The summed E-state index contributed by atoms with van der Waals surface area (Å²) in [5.41, 5.74) is 7.82. The van der Waals surface area contributed by atoms with Gasteiger partial charge < -0.3 is 24.8 Å². The number of benzene rings is 2. The van der Waals surface area contributed by atoms with Crippen LogP contribution < -0.4 is 20.8 Å². The Balaban J connectivity index is 1.73. The largest absolute Gasteiger partial charge is 0.454 e. The van der Waals surface area contributed by atoms with Crippen LogP contribution in [0.1, 0.15) is 6.42 Å². The fourth-order valence-electron chi connectivity index (χ4n) is 3.69. The van der Waals surface area contributed by atoms with E-state index in [-0.39, 0.29) is 23.7 Å². The topological polar surface area (TPSA) is 138 Å². The Labute approximate surface area is 169 Å². The summed E-state index contributed by atoms with van der Waals surface area (Å²) < 4.78 is 12.6. The van der Waals surface area contributed by atoms with Gasteiger partial charge in [-0.25, -0.2) is 4.98 Å². The summed E-state index contributed by atoms with van der Waals surface area (Å²) in [6, 6.07) is 7.97. The quantitative estimate of drug-likeness (QED) is 0.383. The molecule has 0 atom stereocenters. The molecule has 0 spiro atoms. The number of nitrogens with two attached hydrogens (primary N) is 1. The van der Waals surface area contributed by atoms with Crippen LogP contribution in [-0.4, -0.2) is 32.8 Å². The first-order valence-electron chi connectivity index (χ1n) is 9.36. The molecule has 3 heterocycles. The van der Waals surface area contributed by atoms with Crippen LogP contribution >= 0.6 is 0 Å². The van der Waals surface area contributed by atoms with E-state index in [0.29, 0.717) is 58.5 Å². The smallest absolute Gasteiger partial charge is 0.275 e. The van der Waals surface area contributed by atoms with Crippen LogP contribution in [0.3, 0.4) is 0 Å². The van der Waals surface area contributed by atoms with Gasteiger partial charge in [0.05, 0.1) is 21.5 Å². The third kappa shape index (κ3) is 2.85. The monoisotopic (exact) mass is 407 g/mol. The van der Waals surface area contributed by atoms with Crippen molar-refractivity contribution in [2.45, 2.75) is 13.0 Å². The van der Waals surface area contributed by atoms with Gasteiger partial charge in [0.1, 0.15) is 5.69 Å². The van der Waals surface area contributed by atoms with Crippen molar-refractivity contribution in [3.05, 3.63) is 57.0 Å². The van der Waals surface area contributed by atoms with Crippen LogP contribution in [0.2, 0.25) is 0 Å². The number of fused-ring (bicyclic) bond motifs is 3. The van der Waals surface area contributed by atoms with Crippen LogP contribution in [-0.2, 0) is 6.54 Å². The fraction of sp³-hybridized carbons (Fsp3) is 0.200. The minimum atomic E-state index is -0.441. The Hall–Kier alpha value is -3.92. The molecule has 10 heteroatoms. The average Bonchev–Trinajstić information content (AvgIpc) is 3.33. The van der Waals surface area contributed by atoms with Gasteiger partial charge in [0.15, 0.2) is 11.5 Å². The molecule has 0 saturated heterocycles. The highest BCUT2D eigenvalue weighted by molar-refractivity contribution is 5.97. The number of hydrogen-bond acceptors (Lipinski definition) is 7. The summed E-state index contributed by atoms with van der Waals surface area (Å²) in [4.78, 5) is 31.0. The van der Waals surface area contributed by atoms with Crippen LogP contribution in [0.5, 0.6) is 11.5 Å². The number of ether oxygens (including phenoxy) is 2. The van der Waals surface area contributed by atoms with Crippen molar-refractivity contribution in [3.8, 4) is 22.8 Å². The number of nitro benzene ring substituents is 1. The summed E-state index contributed by atoms with van der Waals surface area (Å²) in [6.07, 6.45) is 2.48. The Bertz CT molecular complexity index is 1370. The Morgan fingerprint density at radius 3 is 2.80 bits per heavy atom. The molecule has 0 amide bonds. The van der Waals surface area contributed by atoms with E-state index in [1.807, 2.05) is 4.57 Å². The summed E-state index contributed by atoms with van der Waals surface area (Å²) in [6.45, 7) is 1.17. The van der Waals surface area contributed by atoms with Crippen molar-refractivity contribution >= 4 is 27.6 Å². The van der Waals surface area contributed by atoms with E-state index in [4.69, 9.17) is 15.2 Å². The molecule has 30 heavy (non-hydrogen) atoms. The van der Waals surface area contributed by atoms with E-state index in [9.17, 15) is 14.9 Å². The van der Waals surface area contributed by atoms with Gasteiger partial charge in [0.25, 0.3) is 11.2 Å². The molecule has 0 unspecified atom stereocenters. The second kappa shape index (κ2) is 6.85. The van der Waals surface area contributed by atoms with Gasteiger partial charge in [-0.2, -0.15) is 0 Å². The number of nitrogens with zero attached hydrogens (tertiary/aromatic N) is 3. The number of H-pyrrole nitrogens is 1. The van der Waals surface area contributed by atoms with Gasteiger partial charge in [0, 0.05) is 48.0 Å². The number of nitro groups is 1. The Kier molecular flexibility index (Phi) is 4.14. The van der Waals surface area contributed by atoms with Crippen molar-refractivity contribution in [2.75, 3.05) is 13.3 Å². The molecular weight excluding hydrogens is 390 g/mol. The van der Waals surface area contributed by atoms with Crippen molar-refractivity contribution < 1.29 is 14.4 Å². The van der Waals surface area contributed by atoms with E-state index in [1.54, 1.807) is 24.4 Å². The fourth-order valence-corrected chi connectivity index (χ4v) is 3.69. The van der Waals surface area contributed by atoms with Gasteiger partial charge in [-0.3, -0.25) is 14.9 Å². The second-order valence-electron chi connectivity index (χ2n) is 6.97. The number of aromatic amines is 1. The first-order chi connectivity index (χ1) is 14.5. The number of non-ortho nitro benzene ring substituents is 1. The number of rotatable bonds is 5. The lowest BCUT2D eigenvalue weighted by Gasteiger charge is -2.03. The lowest BCUT2D eigenvalue weighted by molar-refractivity contribution is -0.384. The van der Waals surface area contributed by atoms with Gasteiger partial charge in [0.2, 0.25) is 6.79 Å². The maximum absolute atomic E-state index is 12.8. The van der Waals surface area contributed by atoms with E-state index in [2.05, 4.69) is 9.97 Å². The number of nitrogens with one attached hydrogen (secondary N) is 1. The van der Waals surface area contributed by atoms with Crippen molar-refractivity contribution in [2.24, 2.45) is 5.73 Å². The molecule has 152 valence electrons. The first-order valence-corrected chi connectivity index (χ1v) is 9.36. The molecule has 1 aliphatic heterocycles. The number of aromatic nitrogens is 3. The predicted molar refractivity (Wildman–Crippen MR) is 110 cm³/mol.